The topological polar surface area (TPSA) is 78.9 Å². The van der Waals surface area contributed by atoms with Crippen molar-refractivity contribution in [1.29, 1.82) is 0 Å². The smallest absolute Gasteiger partial charge is 0.407 e. The molecule has 1 amide bonds. The number of ether oxygens (including phenoxy) is 1. The van der Waals surface area contributed by atoms with Gasteiger partial charge in [0.1, 0.15) is 11.9 Å². The highest BCUT2D eigenvalue weighted by molar-refractivity contribution is 5.68. The van der Waals surface area contributed by atoms with E-state index in [2.05, 4.69) is 5.32 Å². The maximum atomic E-state index is 12.0. The van der Waals surface area contributed by atoms with Crippen molar-refractivity contribution in [1.82, 2.24) is 10.2 Å². The number of carbonyl (C=O) groups is 2. The maximum absolute atomic E-state index is 12.0. The fourth-order valence-corrected chi connectivity index (χ4v) is 2.18. The Morgan fingerprint density at radius 3 is 2.48 bits per heavy atom. The first-order valence-corrected chi connectivity index (χ1v) is 9.73. The normalized spacial score (nSPS) is 14.6. The largest absolute Gasteiger partial charge is 0.444 e. The van der Waals surface area contributed by atoms with Crippen molar-refractivity contribution in [2.45, 2.75) is 59.1 Å². The number of aliphatic hydroxyl groups is 1. The summed E-state index contributed by atoms with van der Waals surface area (Å²) in [4.78, 5) is 24.2. The van der Waals surface area contributed by atoms with Gasteiger partial charge in [0.05, 0.1) is 12.6 Å². The number of rotatable bonds is 11. The number of hydrogen-bond acceptors (Lipinski definition) is 5. The molecule has 0 spiro atoms. The number of hydrogen-bond donors (Lipinski definition) is 2. The molecular weight excluding hydrogens is 368 g/mol. The molecule has 0 aliphatic carbocycles. The molecule has 0 rings (SSSR count). The summed E-state index contributed by atoms with van der Waals surface area (Å²) in [5.74, 6) is 0. The van der Waals surface area contributed by atoms with Gasteiger partial charge in [0.25, 0.3) is 0 Å². The fraction of sp³-hybridized carbons (Fsp3) is 0.478. The Kier molecular flexibility index (Phi) is 13.1. The van der Waals surface area contributed by atoms with Crippen molar-refractivity contribution in [3.63, 3.8) is 0 Å². The van der Waals surface area contributed by atoms with E-state index in [0.29, 0.717) is 12.8 Å². The van der Waals surface area contributed by atoms with Crippen LogP contribution in [-0.2, 0) is 9.53 Å². The van der Waals surface area contributed by atoms with Crippen molar-refractivity contribution in [2.75, 3.05) is 13.7 Å². The van der Waals surface area contributed by atoms with Crippen molar-refractivity contribution in [3.05, 3.63) is 60.0 Å². The van der Waals surface area contributed by atoms with Gasteiger partial charge in [-0.25, -0.2) is 4.79 Å². The van der Waals surface area contributed by atoms with E-state index >= 15 is 0 Å². The molecule has 0 aliphatic heterocycles. The zero-order valence-electron chi connectivity index (χ0n) is 18.5. The molecule has 0 saturated carbocycles. The predicted molar refractivity (Wildman–Crippen MR) is 118 cm³/mol. The number of alkyl carbamates (subject to hydrolysis) is 1. The molecular formula is C23H36N2O4. The highest BCUT2D eigenvalue weighted by Gasteiger charge is 2.19. The van der Waals surface area contributed by atoms with E-state index in [0.717, 1.165) is 17.6 Å². The van der Waals surface area contributed by atoms with Gasteiger partial charge in [-0.1, -0.05) is 30.4 Å². The molecule has 0 heterocycles. The van der Waals surface area contributed by atoms with Crippen LogP contribution in [0.25, 0.3) is 0 Å². The summed E-state index contributed by atoms with van der Waals surface area (Å²) in [5.41, 5.74) is 1.38. The van der Waals surface area contributed by atoms with Crippen LogP contribution in [0.15, 0.2) is 60.0 Å². The standard InChI is InChI=1S/C23H36N2O4/c1-7-12-20(17-21(18-27)24-22(28)29-23(3,4)5)14-13-19(2)25(6)15-10-8-9-11-16-26/h7-10,12-16,21,27H,11,17-18H2,1-6H3,(H,24,28)/b9-8-,12-7-,15-10-,19-13+,20-14+. The van der Waals surface area contributed by atoms with Gasteiger partial charge in [-0.3, -0.25) is 0 Å². The molecule has 162 valence electrons. The lowest BCUT2D eigenvalue weighted by Gasteiger charge is -2.23. The first-order valence-electron chi connectivity index (χ1n) is 9.73. The first kappa shape index (κ1) is 26.4. The van der Waals surface area contributed by atoms with E-state index in [4.69, 9.17) is 4.74 Å². The quantitative estimate of drug-likeness (QED) is 0.397. The molecule has 0 aromatic carbocycles. The zero-order valence-corrected chi connectivity index (χ0v) is 18.5. The van der Waals surface area contributed by atoms with Crippen molar-refractivity contribution >= 4 is 12.4 Å². The minimum Gasteiger partial charge on any atom is -0.444 e. The Morgan fingerprint density at radius 2 is 1.93 bits per heavy atom. The van der Waals surface area contributed by atoms with Crippen LogP contribution in [0.2, 0.25) is 0 Å². The van der Waals surface area contributed by atoms with Crippen molar-refractivity contribution < 1.29 is 19.4 Å². The number of aliphatic hydroxyl groups excluding tert-OH is 1. The Bertz CT molecular complexity index is 652. The highest BCUT2D eigenvalue weighted by Crippen LogP contribution is 2.12. The van der Waals surface area contributed by atoms with Gasteiger partial charge in [0.15, 0.2) is 0 Å². The van der Waals surface area contributed by atoms with Crippen molar-refractivity contribution in [2.24, 2.45) is 0 Å². The molecule has 0 fully saturated rings. The lowest BCUT2D eigenvalue weighted by Crippen LogP contribution is -2.41. The summed E-state index contributed by atoms with van der Waals surface area (Å²) >= 11 is 0. The van der Waals surface area contributed by atoms with Crippen LogP contribution in [-0.4, -0.2) is 47.7 Å². The molecule has 6 heteroatoms. The molecule has 29 heavy (non-hydrogen) atoms. The lowest BCUT2D eigenvalue weighted by atomic mass is 10.1. The molecule has 0 radical (unpaired) electrons. The zero-order chi connectivity index (χ0) is 22.3. The molecule has 0 aliphatic rings. The van der Waals surface area contributed by atoms with Crippen LogP contribution < -0.4 is 5.32 Å². The third-order valence-electron chi connectivity index (χ3n) is 3.69. The lowest BCUT2D eigenvalue weighted by molar-refractivity contribution is -0.107. The Hall–Kier alpha value is -2.60. The molecule has 0 saturated heterocycles. The maximum Gasteiger partial charge on any atom is 0.407 e. The van der Waals surface area contributed by atoms with Crippen LogP contribution in [0.1, 0.15) is 47.5 Å². The number of nitrogens with one attached hydrogen (secondary N) is 1. The molecule has 6 nitrogen and oxygen atoms in total. The molecule has 0 bridgehead atoms. The average molecular weight is 405 g/mol. The molecule has 0 aromatic rings. The second kappa shape index (κ2) is 14.4. The summed E-state index contributed by atoms with van der Waals surface area (Å²) < 4.78 is 5.25. The van der Waals surface area contributed by atoms with E-state index in [1.807, 2.05) is 68.5 Å². The van der Waals surface area contributed by atoms with Gasteiger partial charge in [-0.05, 0) is 58.8 Å². The summed E-state index contributed by atoms with van der Waals surface area (Å²) in [6.45, 7) is 9.09. The Labute approximate surface area is 175 Å². The SMILES string of the molecule is C\C=C/C(=C\C=C(/C)N(C)/C=C\C=C/CC=O)CC(CO)NC(=O)OC(C)(C)C. The summed E-state index contributed by atoms with van der Waals surface area (Å²) in [5, 5.41) is 12.3. The molecule has 0 aromatic heterocycles. The number of nitrogens with zero attached hydrogens (tertiary/aromatic N) is 1. The monoisotopic (exact) mass is 404 g/mol. The Balaban J connectivity index is 5.07. The second-order valence-corrected chi connectivity index (χ2v) is 7.56. The van der Waals surface area contributed by atoms with Gasteiger partial charge in [0.2, 0.25) is 0 Å². The second-order valence-electron chi connectivity index (χ2n) is 7.56. The van der Waals surface area contributed by atoms with E-state index in [1.165, 1.54) is 0 Å². The van der Waals surface area contributed by atoms with E-state index < -0.39 is 17.7 Å². The number of amides is 1. The first-order chi connectivity index (χ1) is 13.6. The minimum atomic E-state index is -0.591. The fourth-order valence-electron chi connectivity index (χ4n) is 2.18. The van der Waals surface area contributed by atoms with Gasteiger partial charge < -0.3 is 24.9 Å². The van der Waals surface area contributed by atoms with Gasteiger partial charge >= 0.3 is 6.09 Å². The van der Waals surface area contributed by atoms with Crippen LogP contribution in [0, 0.1) is 0 Å². The van der Waals surface area contributed by atoms with Gasteiger partial charge in [-0.15, -0.1) is 0 Å². The van der Waals surface area contributed by atoms with E-state index in [-0.39, 0.29) is 6.61 Å². The van der Waals surface area contributed by atoms with Gasteiger partial charge in [-0.2, -0.15) is 0 Å². The average Bonchev–Trinajstić information content (AvgIpc) is 2.63. The number of carbonyl (C=O) groups excluding carboxylic acids is 2. The summed E-state index contributed by atoms with van der Waals surface area (Å²) in [6.07, 6.45) is 16.3. The third kappa shape index (κ3) is 14.1. The van der Waals surface area contributed by atoms with Crippen LogP contribution in [0.4, 0.5) is 4.79 Å². The molecule has 2 N–H and O–H groups in total. The van der Waals surface area contributed by atoms with Crippen LogP contribution in [0.3, 0.4) is 0 Å². The van der Waals surface area contributed by atoms with Crippen LogP contribution in [0.5, 0.6) is 0 Å². The number of allylic oxidation sites excluding steroid dienone is 8. The summed E-state index contributed by atoms with van der Waals surface area (Å²) in [6, 6.07) is -0.443. The van der Waals surface area contributed by atoms with Crippen LogP contribution >= 0.6 is 0 Å². The van der Waals surface area contributed by atoms with E-state index in [9.17, 15) is 14.7 Å². The number of aldehydes is 1. The molecule has 1 atom stereocenters. The van der Waals surface area contributed by atoms with E-state index in [1.54, 1.807) is 26.8 Å². The van der Waals surface area contributed by atoms with Crippen molar-refractivity contribution in [3.8, 4) is 0 Å². The minimum absolute atomic E-state index is 0.188. The molecule has 1 unspecified atom stereocenters. The summed E-state index contributed by atoms with van der Waals surface area (Å²) in [7, 11) is 1.93. The Morgan fingerprint density at radius 1 is 1.24 bits per heavy atom. The third-order valence-corrected chi connectivity index (χ3v) is 3.69. The predicted octanol–water partition coefficient (Wildman–Crippen LogP) is 4.26. The van der Waals surface area contributed by atoms with Gasteiger partial charge in [0, 0.05) is 25.4 Å². The highest BCUT2D eigenvalue weighted by atomic mass is 16.6.